The van der Waals surface area contributed by atoms with Crippen LogP contribution in [0.25, 0.3) is 0 Å². The van der Waals surface area contributed by atoms with Gasteiger partial charge in [-0.2, -0.15) is 4.98 Å². The van der Waals surface area contributed by atoms with Crippen LogP contribution in [0.1, 0.15) is 26.3 Å². The molecule has 1 aromatic heterocycles. The Hall–Kier alpha value is -3.50. The van der Waals surface area contributed by atoms with Gasteiger partial charge in [-0.1, -0.05) is 6.07 Å². The first kappa shape index (κ1) is 24.6. The SMILES string of the molecule is Cc1cnc(Nc2ccc(N3CC=NCC3)cc2)nc1Nc1cccc(S(=O)(=O)NC(C)(C)C)c1. The summed E-state index contributed by atoms with van der Waals surface area (Å²) in [7, 11) is -3.65. The number of sulfonamides is 1. The van der Waals surface area contributed by atoms with Crippen LogP contribution in [0.5, 0.6) is 0 Å². The van der Waals surface area contributed by atoms with Crippen molar-refractivity contribution in [3.63, 3.8) is 0 Å². The number of hydrogen-bond donors (Lipinski definition) is 3. The molecule has 2 heterocycles. The van der Waals surface area contributed by atoms with E-state index in [1.807, 2.05) is 46.0 Å². The molecule has 1 aliphatic heterocycles. The Labute approximate surface area is 206 Å². The highest BCUT2D eigenvalue weighted by atomic mass is 32.2. The Balaban J connectivity index is 1.49. The summed E-state index contributed by atoms with van der Waals surface area (Å²) < 4.78 is 28.1. The standard InChI is InChI=1S/C25H31N7O2S/c1-18-17-27-24(29-19-8-10-21(11-9-19)32-14-12-26-13-15-32)30-23(18)28-20-6-5-7-22(16-20)35(33,34)31-25(2,3)4/h5-12,16-17,31H,13-15H2,1-4H3,(H2,27,28,29,30). The van der Waals surface area contributed by atoms with Gasteiger partial charge in [0.1, 0.15) is 5.82 Å². The normalized spacial score (nSPS) is 14.1. The summed E-state index contributed by atoms with van der Waals surface area (Å²) in [4.78, 5) is 15.7. The van der Waals surface area contributed by atoms with Crippen LogP contribution in [0.4, 0.5) is 28.8 Å². The number of anilines is 5. The molecule has 0 amide bonds. The van der Waals surface area contributed by atoms with E-state index >= 15 is 0 Å². The van der Waals surface area contributed by atoms with Crippen molar-refractivity contribution in [2.45, 2.75) is 38.1 Å². The van der Waals surface area contributed by atoms with Crippen molar-refractivity contribution in [1.29, 1.82) is 0 Å². The zero-order valence-electron chi connectivity index (χ0n) is 20.4. The van der Waals surface area contributed by atoms with E-state index in [1.165, 1.54) is 0 Å². The summed E-state index contributed by atoms with van der Waals surface area (Å²) in [6, 6.07) is 14.8. The third-order valence-corrected chi connectivity index (χ3v) is 6.99. The summed E-state index contributed by atoms with van der Waals surface area (Å²) in [6.45, 7) is 9.86. The van der Waals surface area contributed by atoms with E-state index in [4.69, 9.17) is 0 Å². The maximum Gasteiger partial charge on any atom is 0.241 e. The predicted molar refractivity (Wildman–Crippen MR) is 142 cm³/mol. The summed E-state index contributed by atoms with van der Waals surface area (Å²) in [5.41, 5.74) is 2.88. The summed E-state index contributed by atoms with van der Waals surface area (Å²) in [5.74, 6) is 1.03. The van der Waals surface area contributed by atoms with Gasteiger partial charge >= 0.3 is 0 Å². The number of aryl methyl sites for hydroxylation is 1. The molecule has 0 radical (unpaired) electrons. The van der Waals surface area contributed by atoms with Gasteiger partial charge in [-0.3, -0.25) is 4.99 Å². The molecule has 0 saturated heterocycles. The van der Waals surface area contributed by atoms with Gasteiger partial charge in [-0.15, -0.1) is 0 Å². The third-order valence-electron chi connectivity index (χ3n) is 5.24. The fourth-order valence-corrected chi connectivity index (χ4v) is 5.07. The molecular weight excluding hydrogens is 462 g/mol. The van der Waals surface area contributed by atoms with Gasteiger partial charge in [-0.25, -0.2) is 18.1 Å². The molecule has 1 aliphatic rings. The van der Waals surface area contributed by atoms with E-state index < -0.39 is 15.6 Å². The molecule has 35 heavy (non-hydrogen) atoms. The minimum absolute atomic E-state index is 0.183. The molecule has 2 aromatic carbocycles. The van der Waals surface area contributed by atoms with E-state index in [0.29, 0.717) is 17.5 Å². The topological polar surface area (TPSA) is 112 Å². The number of aromatic nitrogens is 2. The highest BCUT2D eigenvalue weighted by molar-refractivity contribution is 7.89. The Morgan fingerprint density at radius 1 is 1.00 bits per heavy atom. The smallest absolute Gasteiger partial charge is 0.241 e. The van der Waals surface area contributed by atoms with Gasteiger partial charge in [0.2, 0.25) is 16.0 Å². The molecule has 3 aromatic rings. The number of aliphatic imine (C=N–C) groups is 1. The molecular formula is C25H31N7O2S. The molecule has 9 nitrogen and oxygen atoms in total. The molecule has 4 rings (SSSR count). The van der Waals surface area contributed by atoms with Crippen molar-refractivity contribution in [3.05, 3.63) is 60.3 Å². The molecule has 0 unspecified atom stereocenters. The molecule has 0 spiro atoms. The number of benzene rings is 2. The number of hydrogen-bond acceptors (Lipinski definition) is 8. The lowest BCUT2D eigenvalue weighted by Gasteiger charge is -2.25. The summed E-state index contributed by atoms with van der Waals surface area (Å²) in [6.07, 6.45) is 3.66. The maximum atomic E-state index is 12.7. The maximum absolute atomic E-state index is 12.7. The van der Waals surface area contributed by atoms with Gasteiger partial charge in [0.15, 0.2) is 0 Å². The molecule has 10 heteroatoms. The van der Waals surface area contributed by atoms with Gasteiger partial charge in [0, 0.05) is 47.1 Å². The molecule has 0 aliphatic carbocycles. The second-order valence-corrected chi connectivity index (χ2v) is 11.1. The lowest BCUT2D eigenvalue weighted by Crippen LogP contribution is -2.40. The fraction of sp³-hybridized carbons (Fsp3) is 0.320. The Morgan fingerprint density at radius 3 is 2.46 bits per heavy atom. The minimum Gasteiger partial charge on any atom is -0.364 e. The Morgan fingerprint density at radius 2 is 1.77 bits per heavy atom. The predicted octanol–water partition coefficient (Wildman–Crippen LogP) is 4.24. The Bertz CT molecular complexity index is 1320. The van der Waals surface area contributed by atoms with Crippen LogP contribution in [0.15, 0.2) is 64.6 Å². The quantitative estimate of drug-likeness (QED) is 0.451. The van der Waals surface area contributed by atoms with Crippen LogP contribution in [0.3, 0.4) is 0 Å². The molecule has 0 fully saturated rings. The number of nitrogens with one attached hydrogen (secondary N) is 3. The van der Waals surface area contributed by atoms with Gasteiger partial charge in [-0.05, 0) is 70.2 Å². The van der Waals surface area contributed by atoms with E-state index in [2.05, 4.69) is 47.3 Å². The number of rotatable bonds is 7. The molecule has 0 atom stereocenters. The van der Waals surface area contributed by atoms with Crippen molar-refractivity contribution in [2.24, 2.45) is 4.99 Å². The van der Waals surface area contributed by atoms with Crippen molar-refractivity contribution in [2.75, 3.05) is 35.2 Å². The minimum atomic E-state index is -3.65. The lowest BCUT2D eigenvalue weighted by atomic mass is 10.1. The zero-order valence-corrected chi connectivity index (χ0v) is 21.2. The van der Waals surface area contributed by atoms with Gasteiger partial charge in [0.05, 0.1) is 18.0 Å². The van der Waals surface area contributed by atoms with E-state index in [9.17, 15) is 8.42 Å². The fourth-order valence-electron chi connectivity index (χ4n) is 3.61. The van der Waals surface area contributed by atoms with Crippen LogP contribution in [-0.4, -0.2) is 49.8 Å². The molecule has 0 saturated carbocycles. The van der Waals surface area contributed by atoms with E-state index in [1.54, 1.807) is 30.5 Å². The van der Waals surface area contributed by atoms with Crippen LogP contribution in [-0.2, 0) is 10.0 Å². The van der Waals surface area contributed by atoms with Crippen LogP contribution < -0.4 is 20.3 Å². The average Bonchev–Trinajstić information content (AvgIpc) is 2.81. The van der Waals surface area contributed by atoms with Gasteiger partial charge in [0.25, 0.3) is 0 Å². The first-order valence-electron chi connectivity index (χ1n) is 11.4. The second kappa shape index (κ2) is 10.0. The third kappa shape index (κ3) is 6.55. The molecule has 3 N–H and O–H groups in total. The van der Waals surface area contributed by atoms with Crippen molar-refractivity contribution < 1.29 is 8.42 Å². The zero-order chi connectivity index (χ0) is 25.1. The van der Waals surface area contributed by atoms with Crippen molar-refractivity contribution in [1.82, 2.24) is 14.7 Å². The van der Waals surface area contributed by atoms with Crippen LogP contribution in [0, 0.1) is 6.92 Å². The van der Waals surface area contributed by atoms with Gasteiger partial charge < -0.3 is 15.5 Å². The highest BCUT2D eigenvalue weighted by Gasteiger charge is 2.22. The van der Waals surface area contributed by atoms with Crippen molar-refractivity contribution >= 4 is 45.1 Å². The van der Waals surface area contributed by atoms with Crippen LogP contribution >= 0.6 is 0 Å². The van der Waals surface area contributed by atoms with E-state index in [-0.39, 0.29) is 4.90 Å². The highest BCUT2D eigenvalue weighted by Crippen LogP contribution is 2.24. The monoisotopic (exact) mass is 493 g/mol. The second-order valence-electron chi connectivity index (χ2n) is 9.44. The summed E-state index contributed by atoms with van der Waals surface area (Å²) >= 11 is 0. The average molecular weight is 494 g/mol. The van der Waals surface area contributed by atoms with Crippen LogP contribution in [0.2, 0.25) is 0 Å². The lowest BCUT2D eigenvalue weighted by molar-refractivity contribution is 0.491. The number of nitrogens with zero attached hydrogens (tertiary/aromatic N) is 4. The van der Waals surface area contributed by atoms with Crippen molar-refractivity contribution in [3.8, 4) is 0 Å². The molecule has 0 bridgehead atoms. The van der Waals surface area contributed by atoms with E-state index in [0.717, 1.165) is 36.6 Å². The largest absolute Gasteiger partial charge is 0.364 e. The first-order chi connectivity index (χ1) is 16.6. The first-order valence-corrected chi connectivity index (χ1v) is 12.9. The molecule has 184 valence electrons. The Kier molecular flexibility index (Phi) is 7.04. The summed E-state index contributed by atoms with van der Waals surface area (Å²) in [5, 5.41) is 6.46.